The highest BCUT2D eigenvalue weighted by molar-refractivity contribution is 7.20. The largest absolute Gasteiger partial charge is 0.481 e. The minimum atomic E-state index is -0.823. The van der Waals surface area contributed by atoms with Gasteiger partial charge < -0.3 is 10.0 Å². The van der Waals surface area contributed by atoms with Crippen LogP contribution in [0.2, 0.25) is 0 Å². The summed E-state index contributed by atoms with van der Waals surface area (Å²) < 4.78 is 1.77. The van der Waals surface area contributed by atoms with E-state index in [1.165, 1.54) is 11.3 Å². The van der Waals surface area contributed by atoms with Crippen LogP contribution in [0.1, 0.15) is 21.8 Å². The number of aliphatic carboxylic acids is 1. The first kappa shape index (κ1) is 13.1. The number of fused-ring (bicyclic) bond motifs is 1. The van der Waals surface area contributed by atoms with Crippen LogP contribution in [-0.2, 0) is 11.8 Å². The summed E-state index contributed by atoms with van der Waals surface area (Å²) in [4.78, 5) is 26.6. The third kappa shape index (κ3) is 1.98. The van der Waals surface area contributed by atoms with E-state index in [1.54, 1.807) is 9.58 Å². The first-order valence-electron chi connectivity index (χ1n) is 6.42. The van der Waals surface area contributed by atoms with Gasteiger partial charge in [-0.25, -0.2) is 0 Å². The number of nitrogens with zero attached hydrogens (tertiary/aromatic N) is 3. The van der Waals surface area contributed by atoms with Crippen molar-refractivity contribution in [1.29, 1.82) is 0 Å². The molecule has 3 heterocycles. The maximum Gasteiger partial charge on any atom is 0.308 e. The Bertz CT molecular complexity index is 669. The molecule has 0 bridgehead atoms. The molecule has 1 aliphatic heterocycles. The Morgan fingerprint density at radius 1 is 1.50 bits per heavy atom. The van der Waals surface area contributed by atoms with Crippen LogP contribution in [0.25, 0.3) is 10.2 Å². The van der Waals surface area contributed by atoms with Gasteiger partial charge in [0.05, 0.1) is 16.5 Å². The van der Waals surface area contributed by atoms with Crippen molar-refractivity contribution >= 4 is 33.4 Å². The van der Waals surface area contributed by atoms with Gasteiger partial charge in [0.25, 0.3) is 5.91 Å². The Hall–Kier alpha value is -1.89. The van der Waals surface area contributed by atoms with Gasteiger partial charge in [0.2, 0.25) is 0 Å². The lowest BCUT2D eigenvalue weighted by atomic mass is 10.1. The zero-order chi connectivity index (χ0) is 14.4. The Morgan fingerprint density at radius 2 is 2.25 bits per heavy atom. The molecular weight excluding hydrogens is 278 g/mol. The van der Waals surface area contributed by atoms with Crippen molar-refractivity contribution in [3.05, 3.63) is 16.6 Å². The Kier molecular flexibility index (Phi) is 3.01. The number of hydrogen-bond acceptors (Lipinski definition) is 4. The van der Waals surface area contributed by atoms with E-state index in [0.717, 1.165) is 15.9 Å². The van der Waals surface area contributed by atoms with E-state index in [9.17, 15) is 9.59 Å². The van der Waals surface area contributed by atoms with Gasteiger partial charge in [0.1, 0.15) is 4.83 Å². The van der Waals surface area contributed by atoms with Crippen molar-refractivity contribution in [3.8, 4) is 0 Å². The predicted molar refractivity (Wildman–Crippen MR) is 75.0 cm³/mol. The van der Waals surface area contributed by atoms with Gasteiger partial charge in [0, 0.05) is 25.5 Å². The molecule has 2 aromatic rings. The molecule has 1 unspecified atom stereocenters. The molecule has 0 aliphatic carbocycles. The summed E-state index contributed by atoms with van der Waals surface area (Å²) >= 11 is 1.41. The van der Waals surface area contributed by atoms with Crippen molar-refractivity contribution in [2.45, 2.75) is 13.3 Å². The summed E-state index contributed by atoms with van der Waals surface area (Å²) in [5.41, 5.74) is 0.905. The summed E-state index contributed by atoms with van der Waals surface area (Å²) in [6, 6.07) is 1.86. The summed E-state index contributed by atoms with van der Waals surface area (Å²) in [5.74, 6) is -1.33. The average Bonchev–Trinajstić information content (AvgIpc) is 3.08. The van der Waals surface area contributed by atoms with Crippen LogP contribution in [-0.4, -0.2) is 44.8 Å². The molecule has 1 atom stereocenters. The molecule has 0 aromatic carbocycles. The second-order valence-electron chi connectivity index (χ2n) is 5.11. The highest BCUT2D eigenvalue weighted by Crippen LogP contribution is 2.29. The standard InChI is InChI=1S/C13H15N3O3S/c1-7-9-5-10(20-12(9)15(2)14-7)11(17)16-4-3-8(6-16)13(18)19/h5,8H,3-4,6H2,1-2H3,(H,18,19). The fraction of sp³-hybridized carbons (Fsp3) is 0.462. The summed E-state index contributed by atoms with van der Waals surface area (Å²) in [6.45, 7) is 2.74. The van der Waals surface area contributed by atoms with E-state index in [0.29, 0.717) is 24.4 Å². The van der Waals surface area contributed by atoms with E-state index < -0.39 is 11.9 Å². The molecule has 20 heavy (non-hydrogen) atoms. The molecule has 3 rings (SSSR count). The number of thiophene rings is 1. The van der Waals surface area contributed by atoms with Crippen molar-refractivity contribution in [2.75, 3.05) is 13.1 Å². The summed E-state index contributed by atoms with van der Waals surface area (Å²) in [7, 11) is 1.86. The predicted octanol–water partition coefficient (Wildman–Crippen LogP) is 1.49. The molecule has 0 saturated carbocycles. The van der Waals surface area contributed by atoms with Gasteiger partial charge in [-0.1, -0.05) is 0 Å². The second kappa shape index (κ2) is 4.59. The second-order valence-corrected chi connectivity index (χ2v) is 6.14. The van der Waals surface area contributed by atoms with E-state index in [1.807, 2.05) is 20.0 Å². The van der Waals surface area contributed by atoms with Crippen LogP contribution >= 0.6 is 11.3 Å². The quantitative estimate of drug-likeness (QED) is 0.910. The van der Waals surface area contributed by atoms with E-state index in [2.05, 4.69) is 5.10 Å². The number of amides is 1. The highest BCUT2D eigenvalue weighted by Gasteiger charge is 2.32. The van der Waals surface area contributed by atoms with Crippen molar-refractivity contribution in [1.82, 2.24) is 14.7 Å². The van der Waals surface area contributed by atoms with Crippen LogP contribution in [0.3, 0.4) is 0 Å². The Morgan fingerprint density at radius 3 is 2.85 bits per heavy atom. The van der Waals surface area contributed by atoms with E-state index >= 15 is 0 Å². The van der Waals surface area contributed by atoms with Crippen LogP contribution in [0.15, 0.2) is 6.07 Å². The van der Waals surface area contributed by atoms with Crippen molar-refractivity contribution in [2.24, 2.45) is 13.0 Å². The molecule has 0 spiro atoms. The van der Waals surface area contributed by atoms with Gasteiger partial charge in [-0.2, -0.15) is 5.10 Å². The monoisotopic (exact) mass is 293 g/mol. The van der Waals surface area contributed by atoms with Gasteiger partial charge in [0.15, 0.2) is 0 Å². The zero-order valence-electron chi connectivity index (χ0n) is 11.3. The van der Waals surface area contributed by atoms with Crippen LogP contribution in [0.5, 0.6) is 0 Å². The van der Waals surface area contributed by atoms with Gasteiger partial charge in [-0.3, -0.25) is 14.3 Å². The molecule has 106 valence electrons. The van der Waals surface area contributed by atoms with Gasteiger partial charge >= 0.3 is 5.97 Å². The first-order chi connectivity index (χ1) is 9.47. The number of rotatable bonds is 2. The molecule has 2 aromatic heterocycles. The van der Waals surface area contributed by atoms with E-state index in [-0.39, 0.29) is 5.91 Å². The number of carboxylic acids is 1. The fourth-order valence-corrected chi connectivity index (χ4v) is 3.70. The number of carbonyl (C=O) groups is 2. The maximum atomic E-state index is 12.4. The molecule has 0 radical (unpaired) electrons. The fourth-order valence-electron chi connectivity index (χ4n) is 2.61. The number of carboxylic acid groups (broad SMARTS) is 1. The zero-order valence-corrected chi connectivity index (χ0v) is 12.1. The van der Waals surface area contributed by atoms with E-state index in [4.69, 9.17) is 5.11 Å². The number of likely N-dealkylation sites (tertiary alicyclic amines) is 1. The lowest BCUT2D eigenvalue weighted by molar-refractivity contribution is -0.141. The number of hydrogen-bond donors (Lipinski definition) is 1. The van der Waals surface area contributed by atoms with Crippen LogP contribution in [0.4, 0.5) is 0 Å². The summed E-state index contributed by atoms with van der Waals surface area (Å²) in [6.07, 6.45) is 0.534. The van der Waals surface area contributed by atoms with Gasteiger partial charge in [-0.05, 0) is 19.4 Å². The molecule has 6 nitrogen and oxygen atoms in total. The molecular formula is C13H15N3O3S. The smallest absolute Gasteiger partial charge is 0.308 e. The molecule has 7 heteroatoms. The number of carbonyl (C=O) groups excluding carboxylic acids is 1. The molecule has 1 fully saturated rings. The lowest BCUT2D eigenvalue weighted by Crippen LogP contribution is -2.29. The number of aryl methyl sites for hydroxylation is 2. The Labute approximate surface area is 119 Å². The third-order valence-corrected chi connectivity index (χ3v) is 4.92. The molecule has 1 aliphatic rings. The lowest BCUT2D eigenvalue weighted by Gasteiger charge is -2.14. The normalized spacial score (nSPS) is 18.9. The minimum absolute atomic E-state index is 0.0747. The number of aromatic nitrogens is 2. The average molecular weight is 293 g/mol. The van der Waals surface area contributed by atoms with Crippen molar-refractivity contribution < 1.29 is 14.7 Å². The minimum Gasteiger partial charge on any atom is -0.481 e. The highest BCUT2D eigenvalue weighted by atomic mass is 32.1. The maximum absolute atomic E-state index is 12.4. The molecule has 1 amide bonds. The van der Waals surface area contributed by atoms with Crippen LogP contribution in [0, 0.1) is 12.8 Å². The van der Waals surface area contributed by atoms with Gasteiger partial charge in [-0.15, -0.1) is 11.3 Å². The third-order valence-electron chi connectivity index (χ3n) is 3.73. The Balaban J connectivity index is 1.86. The van der Waals surface area contributed by atoms with Crippen LogP contribution < -0.4 is 0 Å². The van der Waals surface area contributed by atoms with Crippen molar-refractivity contribution in [3.63, 3.8) is 0 Å². The molecule has 1 saturated heterocycles. The SMILES string of the molecule is Cc1nn(C)c2sc(C(=O)N3CCC(C(=O)O)C3)cc12. The summed E-state index contributed by atoms with van der Waals surface area (Å²) in [5, 5.41) is 14.3. The first-order valence-corrected chi connectivity index (χ1v) is 7.24. The molecule has 1 N–H and O–H groups in total. The topological polar surface area (TPSA) is 75.4 Å².